The first kappa shape index (κ1) is 18.0. The van der Waals surface area contributed by atoms with Gasteiger partial charge in [-0.15, -0.1) is 0 Å². The topological polar surface area (TPSA) is 37.4 Å². The fourth-order valence-electron chi connectivity index (χ4n) is 3.19. The lowest BCUT2D eigenvalue weighted by Crippen LogP contribution is -2.41. The number of Topliss-reactive ketones (excluding diaryl/α,β-unsaturated/α-hetero) is 1. The first-order valence-electron chi connectivity index (χ1n) is 8.36. The van der Waals surface area contributed by atoms with Gasteiger partial charge in [0, 0.05) is 34.6 Å². The number of piperidine rings is 1. The zero-order valence-electron chi connectivity index (χ0n) is 13.8. The third-order valence-corrected chi connectivity index (χ3v) is 5.37. The first-order valence-corrected chi connectivity index (χ1v) is 9.12. The Morgan fingerprint density at radius 2 is 1.52 bits per heavy atom. The Morgan fingerprint density at radius 1 is 0.920 bits per heavy atom. The minimum Gasteiger partial charge on any atom is -0.342 e. The number of carbonyl (C=O) groups excluding carboxylic acids is 2. The molecule has 0 unspecified atom stereocenters. The number of hydrogen-bond donors (Lipinski definition) is 0. The van der Waals surface area contributed by atoms with Gasteiger partial charge in [0.1, 0.15) is 0 Å². The van der Waals surface area contributed by atoms with Crippen molar-refractivity contribution in [2.75, 3.05) is 13.1 Å². The van der Waals surface area contributed by atoms with Crippen LogP contribution in [0, 0.1) is 5.92 Å². The van der Waals surface area contributed by atoms with Gasteiger partial charge >= 0.3 is 0 Å². The smallest absolute Gasteiger partial charge is 0.227 e. The molecule has 130 valence electrons. The second kappa shape index (κ2) is 8.03. The van der Waals surface area contributed by atoms with Crippen molar-refractivity contribution in [2.45, 2.75) is 19.3 Å². The fraction of sp³-hybridized carbons (Fsp3) is 0.300. The minimum atomic E-state index is -0.0182. The van der Waals surface area contributed by atoms with E-state index in [2.05, 4.69) is 0 Å². The molecule has 0 radical (unpaired) electrons. The van der Waals surface area contributed by atoms with Gasteiger partial charge in [-0.25, -0.2) is 0 Å². The number of likely N-dealkylation sites (tertiary alicyclic amines) is 1. The number of amides is 1. The van der Waals surface area contributed by atoms with Gasteiger partial charge in [-0.05, 0) is 30.5 Å². The lowest BCUT2D eigenvalue weighted by molar-refractivity contribution is -0.131. The van der Waals surface area contributed by atoms with Crippen molar-refractivity contribution in [1.82, 2.24) is 4.90 Å². The fourth-order valence-corrected chi connectivity index (χ4v) is 3.72. The molecule has 0 atom stereocenters. The van der Waals surface area contributed by atoms with Crippen molar-refractivity contribution in [2.24, 2.45) is 5.92 Å². The molecule has 3 rings (SSSR count). The molecule has 2 aromatic carbocycles. The highest BCUT2D eigenvalue weighted by Crippen LogP contribution is 2.27. The molecular weight excluding hydrogens is 357 g/mol. The van der Waals surface area contributed by atoms with E-state index in [9.17, 15) is 9.59 Å². The van der Waals surface area contributed by atoms with Gasteiger partial charge in [0.2, 0.25) is 5.91 Å². The molecule has 0 aliphatic carbocycles. The molecule has 0 spiro atoms. The molecule has 25 heavy (non-hydrogen) atoms. The molecule has 2 aromatic rings. The molecule has 3 nitrogen and oxygen atoms in total. The van der Waals surface area contributed by atoms with Crippen LogP contribution in [0.5, 0.6) is 0 Å². The summed E-state index contributed by atoms with van der Waals surface area (Å²) in [5, 5.41) is 1.02. The maximum Gasteiger partial charge on any atom is 0.227 e. The summed E-state index contributed by atoms with van der Waals surface area (Å²) < 4.78 is 0. The van der Waals surface area contributed by atoms with Crippen molar-refractivity contribution < 1.29 is 9.59 Å². The number of hydrogen-bond acceptors (Lipinski definition) is 2. The molecule has 1 saturated heterocycles. The van der Waals surface area contributed by atoms with Crippen molar-refractivity contribution in [3.05, 3.63) is 69.7 Å². The molecular formula is C20H19Cl2NO2. The summed E-state index contributed by atoms with van der Waals surface area (Å²) in [6.45, 7) is 1.17. The zero-order valence-corrected chi connectivity index (χ0v) is 15.3. The van der Waals surface area contributed by atoms with Crippen LogP contribution in [0.15, 0.2) is 48.5 Å². The van der Waals surface area contributed by atoms with Crippen molar-refractivity contribution in [3.8, 4) is 0 Å². The van der Waals surface area contributed by atoms with E-state index in [-0.39, 0.29) is 24.0 Å². The third-order valence-electron chi connectivity index (χ3n) is 4.67. The van der Waals surface area contributed by atoms with Gasteiger partial charge in [-0.1, -0.05) is 59.6 Å². The number of nitrogens with zero attached hydrogens (tertiary/aromatic N) is 1. The lowest BCUT2D eigenvalue weighted by atomic mass is 9.88. The van der Waals surface area contributed by atoms with Crippen LogP contribution in [0.25, 0.3) is 0 Å². The van der Waals surface area contributed by atoms with Crippen molar-refractivity contribution in [1.29, 1.82) is 0 Å². The summed E-state index contributed by atoms with van der Waals surface area (Å²) in [5.74, 6) is 0.151. The summed E-state index contributed by atoms with van der Waals surface area (Å²) in [4.78, 5) is 26.9. The number of rotatable bonds is 4. The Kier molecular flexibility index (Phi) is 5.77. The average Bonchev–Trinajstić information content (AvgIpc) is 2.65. The monoisotopic (exact) mass is 375 g/mol. The van der Waals surface area contributed by atoms with Gasteiger partial charge in [0.05, 0.1) is 6.42 Å². The molecule has 5 heteroatoms. The molecule has 1 heterocycles. The average molecular weight is 376 g/mol. The standard InChI is InChI=1S/C20H19Cl2NO2/c21-17-7-4-8-18(22)16(17)13-19(24)23-11-9-15(10-12-23)20(25)14-5-2-1-3-6-14/h1-8,15H,9-13H2. The Bertz CT molecular complexity index is 748. The minimum absolute atomic E-state index is 0.000565. The quantitative estimate of drug-likeness (QED) is 0.728. The Labute approximate surface area is 157 Å². The highest BCUT2D eigenvalue weighted by atomic mass is 35.5. The van der Waals surface area contributed by atoms with Gasteiger partial charge < -0.3 is 4.90 Å². The maximum absolute atomic E-state index is 12.5. The second-order valence-corrected chi connectivity index (χ2v) is 7.08. The lowest BCUT2D eigenvalue weighted by Gasteiger charge is -2.31. The van der Waals surface area contributed by atoms with Crippen molar-refractivity contribution >= 4 is 34.9 Å². The van der Waals surface area contributed by atoms with E-state index >= 15 is 0 Å². The summed E-state index contributed by atoms with van der Waals surface area (Å²) in [6.07, 6.45) is 1.57. The van der Waals surface area contributed by atoms with E-state index in [1.165, 1.54) is 0 Å². The van der Waals surface area contributed by atoms with Gasteiger partial charge in [0.25, 0.3) is 0 Å². The summed E-state index contributed by atoms with van der Waals surface area (Å²) in [7, 11) is 0. The predicted octanol–water partition coefficient (Wildman–Crippen LogP) is 4.66. The SMILES string of the molecule is O=C(c1ccccc1)C1CCN(C(=O)Cc2c(Cl)cccc2Cl)CC1. The molecule has 0 N–H and O–H groups in total. The van der Waals surface area contributed by atoms with E-state index in [1.54, 1.807) is 23.1 Å². The highest BCUT2D eigenvalue weighted by molar-refractivity contribution is 6.36. The third kappa shape index (κ3) is 4.23. The van der Waals surface area contributed by atoms with E-state index in [0.29, 0.717) is 41.5 Å². The van der Waals surface area contributed by atoms with Crippen molar-refractivity contribution in [3.63, 3.8) is 0 Å². The summed E-state index contributed by atoms with van der Waals surface area (Å²) in [6, 6.07) is 14.6. The van der Waals surface area contributed by atoms with Crippen LogP contribution in [-0.4, -0.2) is 29.7 Å². The molecule has 1 amide bonds. The Balaban J connectivity index is 1.59. The normalized spacial score (nSPS) is 15.2. The van der Waals surface area contributed by atoms with Gasteiger partial charge in [-0.2, -0.15) is 0 Å². The second-order valence-electron chi connectivity index (χ2n) is 6.26. The number of ketones is 1. The Hall–Kier alpha value is -1.84. The van der Waals surface area contributed by atoms with Crippen LogP contribution >= 0.6 is 23.2 Å². The first-order chi connectivity index (χ1) is 12.1. The molecule has 1 aliphatic heterocycles. The van der Waals surface area contributed by atoms with E-state index in [1.807, 2.05) is 30.3 Å². The van der Waals surface area contributed by atoms with Crippen LogP contribution in [0.3, 0.4) is 0 Å². The van der Waals surface area contributed by atoms with E-state index in [4.69, 9.17) is 23.2 Å². The van der Waals surface area contributed by atoms with E-state index in [0.717, 1.165) is 5.56 Å². The molecule has 1 aliphatic rings. The number of benzene rings is 2. The van der Waals surface area contributed by atoms with Crippen LogP contribution in [-0.2, 0) is 11.2 Å². The molecule has 1 fully saturated rings. The molecule has 0 aromatic heterocycles. The maximum atomic E-state index is 12.5. The number of halogens is 2. The van der Waals surface area contributed by atoms with Crippen LogP contribution < -0.4 is 0 Å². The zero-order chi connectivity index (χ0) is 17.8. The highest BCUT2D eigenvalue weighted by Gasteiger charge is 2.28. The largest absolute Gasteiger partial charge is 0.342 e. The molecule has 0 bridgehead atoms. The van der Waals surface area contributed by atoms with Gasteiger partial charge in [-0.3, -0.25) is 9.59 Å². The van der Waals surface area contributed by atoms with Crippen LogP contribution in [0.1, 0.15) is 28.8 Å². The Morgan fingerprint density at radius 3 is 2.12 bits per heavy atom. The van der Waals surface area contributed by atoms with Crippen LogP contribution in [0.2, 0.25) is 10.0 Å². The molecule has 0 saturated carbocycles. The van der Waals surface area contributed by atoms with Gasteiger partial charge in [0.15, 0.2) is 5.78 Å². The number of carbonyl (C=O) groups is 2. The predicted molar refractivity (Wildman–Crippen MR) is 100 cm³/mol. The van der Waals surface area contributed by atoms with Crippen LogP contribution in [0.4, 0.5) is 0 Å². The van der Waals surface area contributed by atoms with E-state index < -0.39 is 0 Å². The summed E-state index contributed by atoms with van der Waals surface area (Å²) in [5.41, 5.74) is 1.41. The summed E-state index contributed by atoms with van der Waals surface area (Å²) >= 11 is 12.3.